The predicted octanol–water partition coefficient (Wildman–Crippen LogP) is 4.82. The number of ether oxygens (including phenoxy) is 1. The lowest BCUT2D eigenvalue weighted by molar-refractivity contribution is 0.0526. The SMILES string of the molecule is CCOC(=O)c1ccc2c(c1)nc(-c1ccc(Cl)cc1)n2CCCn1ccnc1. The molecule has 4 rings (SSSR count). The summed E-state index contributed by atoms with van der Waals surface area (Å²) in [6.07, 6.45) is 6.47. The predicted molar refractivity (Wildman–Crippen MR) is 113 cm³/mol. The van der Waals surface area contributed by atoms with Gasteiger partial charge in [-0.3, -0.25) is 0 Å². The minimum atomic E-state index is -0.336. The number of benzene rings is 2. The second-order valence-electron chi connectivity index (χ2n) is 6.67. The normalized spacial score (nSPS) is 11.1. The van der Waals surface area contributed by atoms with Crippen molar-refractivity contribution in [1.29, 1.82) is 0 Å². The maximum atomic E-state index is 12.1. The van der Waals surface area contributed by atoms with Crippen molar-refractivity contribution in [3.05, 3.63) is 71.8 Å². The van der Waals surface area contributed by atoms with Crippen molar-refractivity contribution in [3.63, 3.8) is 0 Å². The van der Waals surface area contributed by atoms with Gasteiger partial charge in [-0.25, -0.2) is 14.8 Å². The molecule has 29 heavy (non-hydrogen) atoms. The van der Waals surface area contributed by atoms with Crippen LogP contribution in [0.2, 0.25) is 5.02 Å². The fourth-order valence-corrected chi connectivity index (χ4v) is 3.47. The van der Waals surface area contributed by atoms with Crippen LogP contribution in [-0.2, 0) is 17.8 Å². The molecule has 2 aromatic heterocycles. The zero-order chi connectivity index (χ0) is 20.2. The number of rotatable bonds is 7. The van der Waals surface area contributed by atoms with Crippen molar-refractivity contribution in [1.82, 2.24) is 19.1 Å². The third-order valence-electron chi connectivity index (χ3n) is 4.72. The second-order valence-corrected chi connectivity index (χ2v) is 7.11. The Balaban J connectivity index is 1.71. The third-order valence-corrected chi connectivity index (χ3v) is 4.97. The van der Waals surface area contributed by atoms with Gasteiger partial charge < -0.3 is 13.9 Å². The number of halogens is 1. The van der Waals surface area contributed by atoms with Crippen LogP contribution >= 0.6 is 11.6 Å². The molecular formula is C22H21ClN4O2. The molecule has 6 nitrogen and oxygen atoms in total. The molecule has 0 saturated heterocycles. The number of esters is 1. The average Bonchev–Trinajstić information content (AvgIpc) is 3.36. The summed E-state index contributed by atoms with van der Waals surface area (Å²) < 4.78 is 9.36. The number of aryl methyl sites for hydroxylation is 2. The van der Waals surface area contributed by atoms with E-state index >= 15 is 0 Å². The number of carbonyl (C=O) groups excluding carboxylic acids is 1. The third kappa shape index (κ3) is 4.17. The molecule has 0 unspecified atom stereocenters. The molecule has 0 aliphatic carbocycles. The Kier molecular flexibility index (Phi) is 5.62. The molecule has 0 atom stereocenters. The molecule has 7 heteroatoms. The van der Waals surface area contributed by atoms with Gasteiger partial charge in [-0.15, -0.1) is 0 Å². The second kappa shape index (κ2) is 8.49. The quantitative estimate of drug-likeness (QED) is 0.411. The Morgan fingerprint density at radius 2 is 1.97 bits per heavy atom. The molecule has 0 saturated carbocycles. The van der Waals surface area contributed by atoms with E-state index in [-0.39, 0.29) is 5.97 Å². The van der Waals surface area contributed by atoms with Crippen LogP contribution in [0.5, 0.6) is 0 Å². The molecule has 0 amide bonds. The van der Waals surface area contributed by atoms with Gasteiger partial charge in [0.05, 0.1) is 29.5 Å². The van der Waals surface area contributed by atoms with E-state index in [0.29, 0.717) is 17.2 Å². The topological polar surface area (TPSA) is 61.9 Å². The van der Waals surface area contributed by atoms with Crippen LogP contribution in [0.15, 0.2) is 61.2 Å². The van der Waals surface area contributed by atoms with Gasteiger partial charge in [0, 0.05) is 36.1 Å². The Morgan fingerprint density at radius 3 is 2.69 bits per heavy atom. The van der Waals surface area contributed by atoms with E-state index in [2.05, 4.69) is 14.1 Å². The van der Waals surface area contributed by atoms with Crippen molar-refractivity contribution in [3.8, 4) is 11.4 Å². The van der Waals surface area contributed by atoms with Crippen LogP contribution in [0.4, 0.5) is 0 Å². The molecule has 0 bridgehead atoms. The number of fused-ring (bicyclic) bond motifs is 1. The summed E-state index contributed by atoms with van der Waals surface area (Å²) in [5, 5.41) is 0.682. The minimum absolute atomic E-state index is 0.336. The minimum Gasteiger partial charge on any atom is -0.462 e. The zero-order valence-electron chi connectivity index (χ0n) is 16.1. The smallest absolute Gasteiger partial charge is 0.338 e. The monoisotopic (exact) mass is 408 g/mol. The first-order valence-corrected chi connectivity index (χ1v) is 9.92. The van der Waals surface area contributed by atoms with Gasteiger partial charge in [0.15, 0.2) is 0 Å². The van der Waals surface area contributed by atoms with Crippen LogP contribution in [0.1, 0.15) is 23.7 Å². The van der Waals surface area contributed by atoms with Gasteiger partial charge in [-0.2, -0.15) is 0 Å². The van der Waals surface area contributed by atoms with E-state index < -0.39 is 0 Å². The lowest BCUT2D eigenvalue weighted by Gasteiger charge is -2.10. The Morgan fingerprint density at radius 1 is 1.14 bits per heavy atom. The molecule has 4 aromatic rings. The van der Waals surface area contributed by atoms with Gasteiger partial charge in [-0.1, -0.05) is 11.6 Å². The van der Waals surface area contributed by atoms with Gasteiger partial charge >= 0.3 is 5.97 Å². The van der Waals surface area contributed by atoms with E-state index in [0.717, 1.165) is 41.9 Å². The molecule has 2 heterocycles. The van der Waals surface area contributed by atoms with E-state index in [4.69, 9.17) is 21.3 Å². The van der Waals surface area contributed by atoms with Gasteiger partial charge in [0.1, 0.15) is 5.82 Å². The first-order valence-electron chi connectivity index (χ1n) is 9.55. The highest BCUT2D eigenvalue weighted by molar-refractivity contribution is 6.30. The maximum absolute atomic E-state index is 12.1. The van der Waals surface area contributed by atoms with E-state index in [1.165, 1.54) is 0 Å². The van der Waals surface area contributed by atoms with Crippen molar-refractivity contribution < 1.29 is 9.53 Å². The molecule has 0 aliphatic heterocycles. The van der Waals surface area contributed by atoms with Crippen molar-refractivity contribution >= 4 is 28.6 Å². The maximum Gasteiger partial charge on any atom is 0.338 e. The van der Waals surface area contributed by atoms with Crippen LogP contribution in [0, 0.1) is 0 Å². The van der Waals surface area contributed by atoms with Crippen molar-refractivity contribution in [2.45, 2.75) is 26.4 Å². The van der Waals surface area contributed by atoms with E-state index in [1.807, 2.05) is 42.9 Å². The summed E-state index contributed by atoms with van der Waals surface area (Å²) in [4.78, 5) is 21.0. The Bertz CT molecular complexity index is 1120. The summed E-state index contributed by atoms with van der Waals surface area (Å²) in [6, 6.07) is 13.2. The number of carbonyl (C=O) groups is 1. The number of hydrogen-bond donors (Lipinski definition) is 0. The lowest BCUT2D eigenvalue weighted by atomic mass is 10.2. The lowest BCUT2D eigenvalue weighted by Crippen LogP contribution is -2.05. The van der Waals surface area contributed by atoms with Crippen LogP contribution in [0.3, 0.4) is 0 Å². The number of hydrogen-bond acceptors (Lipinski definition) is 4. The molecule has 2 aromatic carbocycles. The highest BCUT2D eigenvalue weighted by Gasteiger charge is 2.15. The zero-order valence-corrected chi connectivity index (χ0v) is 16.8. The summed E-state index contributed by atoms with van der Waals surface area (Å²) in [5.74, 6) is 0.514. The summed E-state index contributed by atoms with van der Waals surface area (Å²) >= 11 is 6.06. The molecule has 0 N–H and O–H groups in total. The molecule has 0 aliphatic rings. The molecule has 148 valence electrons. The van der Waals surface area contributed by atoms with Crippen LogP contribution in [-0.4, -0.2) is 31.7 Å². The number of nitrogens with zero attached hydrogens (tertiary/aromatic N) is 4. The van der Waals surface area contributed by atoms with E-state index in [9.17, 15) is 4.79 Å². The number of aromatic nitrogens is 4. The Labute approximate surface area is 173 Å². The molecule has 0 fully saturated rings. The summed E-state index contributed by atoms with van der Waals surface area (Å²) in [7, 11) is 0. The average molecular weight is 409 g/mol. The molecule has 0 spiro atoms. The summed E-state index contributed by atoms with van der Waals surface area (Å²) in [5.41, 5.74) is 3.23. The van der Waals surface area contributed by atoms with Crippen molar-refractivity contribution in [2.75, 3.05) is 6.61 Å². The van der Waals surface area contributed by atoms with Gasteiger partial charge in [-0.05, 0) is 55.8 Å². The number of imidazole rings is 2. The highest BCUT2D eigenvalue weighted by atomic mass is 35.5. The van der Waals surface area contributed by atoms with E-state index in [1.54, 1.807) is 25.3 Å². The van der Waals surface area contributed by atoms with Crippen LogP contribution < -0.4 is 0 Å². The molecule has 0 radical (unpaired) electrons. The van der Waals surface area contributed by atoms with Gasteiger partial charge in [0.2, 0.25) is 0 Å². The van der Waals surface area contributed by atoms with Crippen molar-refractivity contribution in [2.24, 2.45) is 0 Å². The molecular weight excluding hydrogens is 388 g/mol. The summed E-state index contributed by atoms with van der Waals surface area (Å²) in [6.45, 7) is 3.78. The van der Waals surface area contributed by atoms with Gasteiger partial charge in [0.25, 0.3) is 0 Å². The standard InChI is InChI=1S/C22H21ClN4O2/c1-2-29-22(28)17-6-9-20-19(14-17)25-21(16-4-7-18(23)8-5-16)27(20)12-3-11-26-13-10-24-15-26/h4-10,13-15H,2-3,11-12H2,1H3. The first-order chi connectivity index (χ1) is 14.2. The van der Waals surface area contributed by atoms with Crippen LogP contribution in [0.25, 0.3) is 22.4 Å². The fourth-order valence-electron chi connectivity index (χ4n) is 3.35. The fraction of sp³-hybridized carbons (Fsp3) is 0.227. The highest BCUT2D eigenvalue weighted by Crippen LogP contribution is 2.27. The Hall–Kier alpha value is -3.12. The largest absolute Gasteiger partial charge is 0.462 e. The first kappa shape index (κ1) is 19.2.